The molecule has 2 nitrogen and oxygen atoms in total. The molecule has 0 saturated heterocycles. The SMILES string of the molecule is C=c1c(=CC=C2CCCC(C=CC3=[N+](CC)c4ccccc4C3(C)C)=C2Cl)n(CC)c2ccccc12. The van der Waals surface area contributed by atoms with Crippen LogP contribution in [0, 0.1) is 0 Å². The Hall–Kier alpha value is -3.10. The molecule has 1 aliphatic heterocycles. The van der Waals surface area contributed by atoms with Gasteiger partial charge in [0.05, 0.1) is 5.41 Å². The Morgan fingerprint density at radius 3 is 2.53 bits per heavy atom. The van der Waals surface area contributed by atoms with E-state index in [1.54, 1.807) is 0 Å². The van der Waals surface area contributed by atoms with E-state index in [0.717, 1.165) is 48.0 Å². The Bertz CT molecular complexity index is 1570. The fourth-order valence-corrected chi connectivity index (χ4v) is 6.29. The first-order chi connectivity index (χ1) is 17.4. The summed E-state index contributed by atoms with van der Waals surface area (Å²) >= 11 is 7.02. The number of benzene rings is 2. The molecule has 0 atom stereocenters. The number of fused-ring (bicyclic) bond motifs is 2. The van der Waals surface area contributed by atoms with E-state index >= 15 is 0 Å². The van der Waals surface area contributed by atoms with Gasteiger partial charge < -0.3 is 4.57 Å². The van der Waals surface area contributed by atoms with Crippen LogP contribution in [-0.2, 0) is 12.0 Å². The van der Waals surface area contributed by atoms with Crippen LogP contribution < -0.4 is 10.6 Å². The van der Waals surface area contributed by atoms with E-state index < -0.39 is 0 Å². The van der Waals surface area contributed by atoms with E-state index in [4.69, 9.17) is 11.6 Å². The predicted octanol–water partition coefficient (Wildman–Crippen LogP) is 7.11. The van der Waals surface area contributed by atoms with Gasteiger partial charge in [0, 0.05) is 50.8 Å². The number of aryl methyl sites for hydroxylation is 1. The lowest BCUT2D eigenvalue weighted by molar-refractivity contribution is -0.433. The monoisotopic (exact) mass is 495 g/mol. The standard InChI is InChI=1S/C33H36ClN2/c1-6-35-28(23(3)26-15-8-10-17-29(26)35)21-19-24-13-12-14-25(32(24)34)20-22-31-33(4,5)27-16-9-11-18-30(27)36(31)7-2/h8-11,15-22H,3,6-7,12-14H2,1-2,4-5H3/q+1. The second-order valence-corrected chi connectivity index (χ2v) is 10.7. The maximum absolute atomic E-state index is 7.02. The van der Waals surface area contributed by atoms with Crippen LogP contribution in [0.1, 0.15) is 52.5 Å². The lowest BCUT2D eigenvalue weighted by atomic mass is 9.81. The smallest absolute Gasteiger partial charge is 0.209 e. The third-order valence-electron chi connectivity index (χ3n) is 7.89. The van der Waals surface area contributed by atoms with Crippen LogP contribution in [0.3, 0.4) is 0 Å². The van der Waals surface area contributed by atoms with Gasteiger partial charge in [0.15, 0.2) is 5.71 Å². The third-order valence-corrected chi connectivity index (χ3v) is 8.38. The summed E-state index contributed by atoms with van der Waals surface area (Å²) in [5, 5.41) is 4.36. The Labute approximate surface area is 219 Å². The molecule has 0 fully saturated rings. The summed E-state index contributed by atoms with van der Waals surface area (Å²) in [7, 11) is 0. The largest absolute Gasteiger partial charge is 0.341 e. The van der Waals surface area contributed by atoms with Gasteiger partial charge in [-0.15, -0.1) is 0 Å². The lowest BCUT2D eigenvalue weighted by Crippen LogP contribution is -2.27. The molecule has 0 radical (unpaired) electrons. The second-order valence-electron chi connectivity index (χ2n) is 10.3. The quantitative estimate of drug-likeness (QED) is 0.333. The Morgan fingerprint density at radius 1 is 1.00 bits per heavy atom. The van der Waals surface area contributed by atoms with Crippen molar-refractivity contribution in [3.8, 4) is 0 Å². The maximum Gasteiger partial charge on any atom is 0.209 e. The molecular weight excluding hydrogens is 460 g/mol. The number of allylic oxidation sites excluding steroid dienone is 6. The van der Waals surface area contributed by atoms with Crippen LogP contribution in [0.15, 0.2) is 82.9 Å². The normalized spacial score (nSPS) is 19.4. The number of halogens is 1. The van der Waals surface area contributed by atoms with Gasteiger partial charge in [0.1, 0.15) is 6.54 Å². The van der Waals surface area contributed by atoms with Crippen molar-refractivity contribution < 1.29 is 4.58 Å². The highest BCUT2D eigenvalue weighted by molar-refractivity contribution is 6.32. The lowest BCUT2D eigenvalue weighted by Gasteiger charge is -2.18. The third kappa shape index (κ3) is 4.02. The van der Waals surface area contributed by atoms with Gasteiger partial charge in [-0.3, -0.25) is 0 Å². The highest BCUT2D eigenvalue weighted by Gasteiger charge is 2.43. The van der Waals surface area contributed by atoms with Gasteiger partial charge in [0.25, 0.3) is 0 Å². The average molecular weight is 496 g/mol. The molecule has 0 amide bonds. The van der Waals surface area contributed by atoms with Gasteiger partial charge in [-0.25, -0.2) is 0 Å². The fourth-order valence-electron chi connectivity index (χ4n) is 5.97. The maximum atomic E-state index is 7.02. The van der Waals surface area contributed by atoms with E-state index in [9.17, 15) is 0 Å². The molecule has 184 valence electrons. The minimum atomic E-state index is -0.0324. The van der Waals surface area contributed by atoms with Gasteiger partial charge >= 0.3 is 0 Å². The summed E-state index contributed by atoms with van der Waals surface area (Å²) in [5.74, 6) is 0. The summed E-state index contributed by atoms with van der Waals surface area (Å²) in [6.45, 7) is 15.3. The van der Waals surface area contributed by atoms with Crippen LogP contribution in [0.5, 0.6) is 0 Å². The summed E-state index contributed by atoms with van der Waals surface area (Å²) in [5.41, 5.74) is 7.68. The zero-order valence-electron chi connectivity index (χ0n) is 21.9. The number of aromatic nitrogens is 1. The molecule has 1 aliphatic carbocycles. The van der Waals surface area contributed by atoms with Crippen molar-refractivity contribution in [2.45, 2.75) is 58.9 Å². The summed E-state index contributed by atoms with van der Waals surface area (Å²) < 4.78 is 4.78. The van der Waals surface area contributed by atoms with Crippen molar-refractivity contribution >= 4 is 46.6 Å². The van der Waals surface area contributed by atoms with Gasteiger partial charge in [-0.2, -0.15) is 4.58 Å². The zero-order chi connectivity index (χ0) is 25.4. The zero-order valence-corrected chi connectivity index (χ0v) is 22.7. The highest BCUT2D eigenvalue weighted by atomic mass is 35.5. The van der Waals surface area contributed by atoms with Crippen LogP contribution >= 0.6 is 11.6 Å². The van der Waals surface area contributed by atoms with Crippen LogP contribution in [-0.4, -0.2) is 21.4 Å². The van der Waals surface area contributed by atoms with Gasteiger partial charge in [-0.1, -0.05) is 66.7 Å². The molecule has 0 spiro atoms. The van der Waals surface area contributed by atoms with Crippen molar-refractivity contribution in [3.63, 3.8) is 0 Å². The second kappa shape index (κ2) is 9.75. The number of hydrogen-bond donors (Lipinski definition) is 0. The van der Waals surface area contributed by atoms with Gasteiger partial charge in [0.2, 0.25) is 5.69 Å². The predicted molar refractivity (Wildman–Crippen MR) is 156 cm³/mol. The van der Waals surface area contributed by atoms with E-state index in [0.29, 0.717) is 0 Å². The molecule has 36 heavy (non-hydrogen) atoms. The molecule has 5 rings (SSSR count). The van der Waals surface area contributed by atoms with Crippen molar-refractivity contribution in [2.24, 2.45) is 0 Å². The van der Waals surface area contributed by atoms with Gasteiger partial charge in [-0.05, 0) is 70.2 Å². The molecule has 0 bridgehead atoms. The Morgan fingerprint density at radius 2 is 1.75 bits per heavy atom. The fraction of sp³-hybridized carbons (Fsp3) is 0.303. The molecule has 2 aliphatic rings. The van der Waals surface area contributed by atoms with Crippen LogP contribution in [0.2, 0.25) is 0 Å². The first-order valence-corrected chi connectivity index (χ1v) is 13.5. The van der Waals surface area contributed by atoms with E-state index in [1.807, 2.05) is 0 Å². The molecule has 0 N–H and O–H groups in total. The molecule has 3 heteroatoms. The number of hydrogen-bond acceptors (Lipinski definition) is 0. The first kappa shape index (κ1) is 24.6. The molecule has 2 heterocycles. The summed E-state index contributed by atoms with van der Waals surface area (Å²) in [6.07, 6.45) is 12.1. The van der Waals surface area contributed by atoms with E-state index in [1.165, 1.54) is 39.0 Å². The first-order valence-electron chi connectivity index (χ1n) is 13.2. The summed E-state index contributed by atoms with van der Waals surface area (Å²) in [6, 6.07) is 17.3. The number of rotatable bonds is 5. The number of nitrogens with zero attached hydrogens (tertiary/aromatic N) is 2. The average Bonchev–Trinajstić information content (AvgIpc) is 3.29. The molecule has 3 aromatic rings. The Kier molecular flexibility index (Phi) is 6.66. The van der Waals surface area contributed by atoms with E-state index in [2.05, 4.69) is 116 Å². The topological polar surface area (TPSA) is 7.94 Å². The van der Waals surface area contributed by atoms with Crippen molar-refractivity contribution in [2.75, 3.05) is 6.54 Å². The van der Waals surface area contributed by atoms with Crippen molar-refractivity contribution in [1.82, 2.24) is 4.57 Å². The minimum Gasteiger partial charge on any atom is -0.341 e. The number of para-hydroxylation sites is 2. The van der Waals surface area contributed by atoms with Crippen molar-refractivity contribution in [1.29, 1.82) is 0 Å². The molecule has 2 aromatic carbocycles. The molecular formula is C33H36ClN2+. The minimum absolute atomic E-state index is 0.0324. The molecule has 0 unspecified atom stereocenters. The Balaban J connectivity index is 1.53. The van der Waals surface area contributed by atoms with Crippen molar-refractivity contribution in [3.05, 3.63) is 99.1 Å². The summed E-state index contributed by atoms with van der Waals surface area (Å²) in [4.78, 5) is 0. The highest BCUT2D eigenvalue weighted by Crippen LogP contribution is 2.40. The van der Waals surface area contributed by atoms with Crippen LogP contribution in [0.4, 0.5) is 5.69 Å². The van der Waals surface area contributed by atoms with Crippen LogP contribution in [0.25, 0.3) is 23.6 Å². The van der Waals surface area contributed by atoms with E-state index in [-0.39, 0.29) is 5.41 Å². The molecule has 0 saturated carbocycles. The molecule has 1 aromatic heterocycles.